The van der Waals surface area contributed by atoms with Gasteiger partial charge in [-0.2, -0.15) is 0 Å². The molecule has 1 radical (unpaired) electrons. The van der Waals surface area contributed by atoms with Crippen LogP contribution in [0.2, 0.25) is 0 Å². The van der Waals surface area contributed by atoms with Crippen LogP contribution in [0.25, 0.3) is 67.5 Å². The SMILES string of the molecule is CC(C)(C)c1ccc(-c2nc(-c3ccc(-c4cc[c-]c(-c5ccc6ccccc6n5)c4)cc3)nc(-c3ccc(C(C)(C)C)cc3)n2)cc1.[Ir]. The van der Waals surface area contributed by atoms with E-state index in [1.807, 2.05) is 24.3 Å². The minimum absolute atomic E-state index is 0. The molecule has 0 aliphatic rings. The van der Waals surface area contributed by atoms with Crippen LogP contribution in [0.5, 0.6) is 0 Å². The van der Waals surface area contributed by atoms with Crippen molar-refractivity contribution in [1.29, 1.82) is 0 Å². The van der Waals surface area contributed by atoms with Crippen molar-refractivity contribution in [3.05, 3.63) is 145 Å². The van der Waals surface area contributed by atoms with E-state index in [1.165, 1.54) is 11.1 Å². The van der Waals surface area contributed by atoms with Crippen molar-refractivity contribution in [3.8, 4) is 56.5 Å². The molecule has 2 heterocycles. The van der Waals surface area contributed by atoms with Gasteiger partial charge in [0, 0.05) is 36.8 Å². The zero-order valence-corrected chi connectivity index (χ0v) is 31.1. The third-order valence-electron chi connectivity index (χ3n) is 8.81. The Kier molecular flexibility index (Phi) is 9.44. The molecule has 0 N–H and O–H groups in total. The molecule has 0 saturated carbocycles. The van der Waals surface area contributed by atoms with Crippen LogP contribution in [0.3, 0.4) is 0 Å². The van der Waals surface area contributed by atoms with Gasteiger partial charge >= 0.3 is 0 Å². The van der Waals surface area contributed by atoms with Gasteiger partial charge in [0.25, 0.3) is 0 Å². The van der Waals surface area contributed by atoms with Gasteiger partial charge in [-0.3, -0.25) is 4.98 Å². The number of pyridine rings is 1. The largest absolute Gasteiger partial charge is 0.296 e. The minimum atomic E-state index is 0. The van der Waals surface area contributed by atoms with Gasteiger partial charge in [-0.05, 0) is 44.7 Å². The first-order chi connectivity index (χ1) is 23.0. The number of rotatable bonds is 5. The quantitative estimate of drug-likeness (QED) is 0.162. The number of fused-ring (bicyclic) bond motifs is 1. The van der Waals surface area contributed by atoms with Crippen LogP contribution in [0, 0.1) is 6.07 Å². The number of hydrogen-bond donors (Lipinski definition) is 0. The van der Waals surface area contributed by atoms with Crippen molar-refractivity contribution in [2.24, 2.45) is 0 Å². The molecule has 7 rings (SSSR count). The average molecular weight is 816 g/mol. The summed E-state index contributed by atoms with van der Waals surface area (Å²) >= 11 is 0. The fourth-order valence-electron chi connectivity index (χ4n) is 5.82. The van der Waals surface area contributed by atoms with Crippen LogP contribution in [0.4, 0.5) is 0 Å². The van der Waals surface area contributed by atoms with E-state index in [0.29, 0.717) is 17.5 Å². The monoisotopic (exact) mass is 816 g/mol. The Balaban J connectivity index is 0.00000417. The van der Waals surface area contributed by atoms with Crippen molar-refractivity contribution < 1.29 is 20.1 Å². The van der Waals surface area contributed by atoms with Crippen molar-refractivity contribution in [2.45, 2.75) is 52.4 Å². The predicted molar refractivity (Wildman–Crippen MR) is 199 cm³/mol. The van der Waals surface area contributed by atoms with Crippen molar-refractivity contribution >= 4 is 10.9 Å². The Morgan fingerprint density at radius 2 is 0.918 bits per heavy atom. The summed E-state index contributed by atoms with van der Waals surface area (Å²) in [4.78, 5) is 19.8. The van der Waals surface area contributed by atoms with Gasteiger partial charge in [0.2, 0.25) is 0 Å². The normalized spacial score (nSPS) is 11.7. The zero-order valence-electron chi connectivity index (χ0n) is 28.7. The van der Waals surface area contributed by atoms with Gasteiger partial charge in [-0.1, -0.05) is 145 Å². The van der Waals surface area contributed by atoms with E-state index in [9.17, 15) is 0 Å². The number of para-hydroxylation sites is 1. The summed E-state index contributed by atoms with van der Waals surface area (Å²) in [6.45, 7) is 13.3. The first kappa shape index (κ1) is 34.0. The van der Waals surface area contributed by atoms with Crippen LogP contribution in [0.1, 0.15) is 52.7 Å². The molecule has 49 heavy (non-hydrogen) atoms. The van der Waals surface area contributed by atoms with Gasteiger partial charge in [0.15, 0.2) is 17.5 Å². The van der Waals surface area contributed by atoms with E-state index in [4.69, 9.17) is 19.9 Å². The maximum Gasteiger partial charge on any atom is 0.164 e. The summed E-state index contributed by atoms with van der Waals surface area (Å²) in [5.41, 5.74) is 10.6. The van der Waals surface area contributed by atoms with Crippen molar-refractivity contribution in [3.63, 3.8) is 0 Å². The Morgan fingerprint density at radius 3 is 1.43 bits per heavy atom. The molecular formula is C44H39IrN4-. The number of aromatic nitrogens is 4. The van der Waals surface area contributed by atoms with E-state index in [0.717, 1.165) is 50.0 Å². The number of hydrogen-bond acceptors (Lipinski definition) is 4. The van der Waals surface area contributed by atoms with Crippen molar-refractivity contribution in [2.75, 3.05) is 0 Å². The summed E-state index contributed by atoms with van der Waals surface area (Å²) in [5, 5.41) is 1.13. The van der Waals surface area contributed by atoms with Gasteiger partial charge in [0.1, 0.15) is 0 Å². The van der Waals surface area contributed by atoms with E-state index in [-0.39, 0.29) is 30.9 Å². The smallest absolute Gasteiger partial charge is 0.164 e. The summed E-state index contributed by atoms with van der Waals surface area (Å²) in [6, 6.07) is 47.5. The van der Waals surface area contributed by atoms with Crippen LogP contribution in [0.15, 0.2) is 127 Å². The van der Waals surface area contributed by atoms with Crippen LogP contribution in [-0.2, 0) is 30.9 Å². The van der Waals surface area contributed by atoms with E-state index < -0.39 is 0 Å². The second kappa shape index (κ2) is 13.6. The summed E-state index contributed by atoms with van der Waals surface area (Å²) < 4.78 is 0. The maximum atomic E-state index is 4.99. The van der Waals surface area contributed by atoms with Crippen LogP contribution >= 0.6 is 0 Å². The van der Waals surface area contributed by atoms with Crippen LogP contribution in [-0.4, -0.2) is 19.9 Å². The molecule has 0 aliphatic heterocycles. The fourth-order valence-corrected chi connectivity index (χ4v) is 5.82. The molecule has 0 spiro atoms. The summed E-state index contributed by atoms with van der Waals surface area (Å²) in [6.07, 6.45) is 0. The Morgan fingerprint density at radius 1 is 0.449 bits per heavy atom. The topological polar surface area (TPSA) is 51.6 Å². The molecule has 4 nitrogen and oxygen atoms in total. The van der Waals surface area contributed by atoms with Gasteiger partial charge in [0.05, 0.1) is 5.52 Å². The molecular weight excluding hydrogens is 777 g/mol. The molecule has 7 aromatic rings. The minimum Gasteiger partial charge on any atom is -0.296 e. The third-order valence-corrected chi connectivity index (χ3v) is 8.81. The Labute approximate surface area is 303 Å². The van der Waals surface area contributed by atoms with Gasteiger partial charge in [-0.15, -0.1) is 35.4 Å². The standard InChI is InChI=1S/C44H39N4.Ir/c1-43(2,3)36-23-18-32(19-24-36)41-46-40(47-42(48-41)33-20-25-37(26-21-33)44(4,5)6)31-16-14-29(15-17-31)34-11-9-12-35(28-34)39-27-22-30-10-7-8-13-38(30)45-39;/h7-11,13-28H,1-6H3;/q-1;. The number of nitrogens with zero attached hydrogens (tertiary/aromatic N) is 4. The average Bonchev–Trinajstić information content (AvgIpc) is 3.11. The van der Waals surface area contributed by atoms with E-state index >= 15 is 0 Å². The predicted octanol–water partition coefficient (Wildman–Crippen LogP) is 11.1. The molecule has 5 aromatic carbocycles. The molecule has 0 fully saturated rings. The Bertz CT molecular complexity index is 2150. The maximum absolute atomic E-state index is 4.99. The van der Waals surface area contributed by atoms with E-state index in [2.05, 4.69) is 151 Å². The van der Waals surface area contributed by atoms with E-state index in [1.54, 1.807) is 0 Å². The molecule has 0 saturated heterocycles. The second-order valence-electron chi connectivity index (χ2n) is 14.4. The van der Waals surface area contributed by atoms with Crippen molar-refractivity contribution in [1.82, 2.24) is 19.9 Å². The molecule has 0 bridgehead atoms. The first-order valence-corrected chi connectivity index (χ1v) is 16.5. The Hall–Kier alpha value is -4.83. The second-order valence-corrected chi connectivity index (χ2v) is 14.4. The molecule has 0 unspecified atom stereocenters. The van der Waals surface area contributed by atoms with Gasteiger partial charge in [-0.25, -0.2) is 15.0 Å². The van der Waals surface area contributed by atoms with Gasteiger partial charge < -0.3 is 0 Å². The molecule has 0 aliphatic carbocycles. The fraction of sp³-hybridized carbons (Fsp3) is 0.182. The molecule has 5 heteroatoms. The third kappa shape index (κ3) is 7.44. The van der Waals surface area contributed by atoms with Crippen LogP contribution < -0.4 is 0 Å². The zero-order chi connectivity index (χ0) is 33.5. The molecule has 245 valence electrons. The molecule has 0 amide bonds. The summed E-state index contributed by atoms with van der Waals surface area (Å²) in [5.74, 6) is 1.96. The first-order valence-electron chi connectivity index (χ1n) is 16.5. The molecule has 2 aromatic heterocycles. The number of benzene rings is 5. The summed E-state index contributed by atoms with van der Waals surface area (Å²) in [7, 11) is 0. The molecule has 0 atom stereocenters.